The van der Waals surface area contributed by atoms with Crippen molar-refractivity contribution in [1.29, 1.82) is 0 Å². The number of amides is 1. The molecule has 1 aliphatic heterocycles. The second-order valence-corrected chi connectivity index (χ2v) is 11.7. The molecule has 6 heteroatoms. The van der Waals surface area contributed by atoms with Crippen LogP contribution in [0.15, 0.2) is 24.3 Å². The van der Waals surface area contributed by atoms with Crippen molar-refractivity contribution >= 4 is 11.6 Å². The summed E-state index contributed by atoms with van der Waals surface area (Å²) in [4.78, 5) is 25.1. The highest BCUT2D eigenvalue weighted by atomic mass is 16.6. The molecule has 0 bridgehead atoms. The summed E-state index contributed by atoms with van der Waals surface area (Å²) < 4.78 is 6.37. The number of nitro groups is 1. The lowest BCUT2D eigenvalue weighted by atomic mass is 9.45. The fraction of sp³-hybridized carbons (Fsp3) is 0.731. The minimum Gasteiger partial charge on any atom is -0.490 e. The zero-order valence-corrected chi connectivity index (χ0v) is 19.8. The summed E-state index contributed by atoms with van der Waals surface area (Å²) in [6.45, 7) is 7.35. The lowest BCUT2D eigenvalue weighted by molar-refractivity contribution is -0.384. The summed E-state index contributed by atoms with van der Waals surface area (Å²) in [6, 6.07) is 6.89. The number of nitro benzene ring substituents is 1. The molecule has 8 atom stereocenters. The van der Waals surface area contributed by atoms with E-state index in [9.17, 15) is 14.9 Å². The van der Waals surface area contributed by atoms with Gasteiger partial charge in [-0.25, -0.2) is 0 Å². The summed E-state index contributed by atoms with van der Waals surface area (Å²) in [7, 11) is 2.02. The summed E-state index contributed by atoms with van der Waals surface area (Å²) in [5.74, 6) is 3.64. The number of piperidine rings is 1. The molecule has 0 spiro atoms. The van der Waals surface area contributed by atoms with Crippen molar-refractivity contribution in [2.45, 2.75) is 77.9 Å². The molecule has 3 aliphatic carbocycles. The number of carbonyl (C=O) groups excluding carboxylic acids is 1. The quantitative estimate of drug-likeness (QED) is 0.463. The topological polar surface area (TPSA) is 72.7 Å². The number of nitrogens with zero attached hydrogens (tertiary/aromatic N) is 2. The van der Waals surface area contributed by atoms with E-state index < -0.39 is 0 Å². The highest BCUT2D eigenvalue weighted by Crippen LogP contribution is 2.66. The first-order valence-electron chi connectivity index (χ1n) is 12.3. The first kappa shape index (κ1) is 21.7. The smallest absolute Gasteiger partial charge is 0.269 e. The molecule has 4 fully saturated rings. The van der Waals surface area contributed by atoms with E-state index in [4.69, 9.17) is 4.74 Å². The molecule has 1 heterocycles. The number of rotatable bonds is 3. The van der Waals surface area contributed by atoms with Crippen molar-refractivity contribution in [3.05, 3.63) is 34.4 Å². The molecule has 0 radical (unpaired) electrons. The van der Waals surface area contributed by atoms with Crippen molar-refractivity contribution in [2.75, 3.05) is 7.05 Å². The summed E-state index contributed by atoms with van der Waals surface area (Å²) in [6.07, 6.45) is 7.60. The van der Waals surface area contributed by atoms with E-state index in [0.717, 1.165) is 31.4 Å². The second-order valence-electron chi connectivity index (χ2n) is 11.7. The lowest BCUT2D eigenvalue weighted by Crippen LogP contribution is -2.62. The molecule has 174 valence electrons. The van der Waals surface area contributed by atoms with Crippen molar-refractivity contribution < 1.29 is 14.5 Å². The summed E-state index contributed by atoms with van der Waals surface area (Å²) in [5.41, 5.74) is 0.612. The van der Waals surface area contributed by atoms with Gasteiger partial charge < -0.3 is 9.64 Å². The summed E-state index contributed by atoms with van der Waals surface area (Å²) in [5, 5.41) is 10.9. The first-order valence-corrected chi connectivity index (χ1v) is 12.3. The van der Waals surface area contributed by atoms with Crippen molar-refractivity contribution in [3.8, 4) is 5.75 Å². The van der Waals surface area contributed by atoms with Crippen LogP contribution in [0, 0.1) is 44.6 Å². The van der Waals surface area contributed by atoms with Gasteiger partial charge in [0.15, 0.2) is 0 Å². The van der Waals surface area contributed by atoms with Crippen molar-refractivity contribution in [2.24, 2.45) is 34.5 Å². The second kappa shape index (κ2) is 7.46. The molecular formula is C26H36N2O4. The predicted molar refractivity (Wildman–Crippen MR) is 122 cm³/mol. The van der Waals surface area contributed by atoms with E-state index in [-0.39, 0.29) is 22.1 Å². The van der Waals surface area contributed by atoms with Crippen LogP contribution in [0.1, 0.15) is 65.7 Å². The summed E-state index contributed by atoms with van der Waals surface area (Å²) >= 11 is 0. The number of likely N-dealkylation sites (tertiary alicyclic amines) is 1. The number of hydrogen-bond donors (Lipinski definition) is 0. The van der Waals surface area contributed by atoms with Gasteiger partial charge in [0, 0.05) is 31.6 Å². The van der Waals surface area contributed by atoms with Crippen LogP contribution in [0.5, 0.6) is 5.75 Å². The molecule has 0 N–H and O–H groups in total. The molecule has 5 rings (SSSR count). The van der Waals surface area contributed by atoms with Gasteiger partial charge in [-0.3, -0.25) is 14.9 Å². The van der Waals surface area contributed by atoms with Crippen LogP contribution in [0.2, 0.25) is 0 Å². The molecule has 6 nitrogen and oxygen atoms in total. The maximum atomic E-state index is 12.4. The van der Waals surface area contributed by atoms with E-state index in [1.165, 1.54) is 25.0 Å². The molecule has 4 aliphatic rings. The van der Waals surface area contributed by atoms with Gasteiger partial charge in [-0.2, -0.15) is 0 Å². The third-order valence-electron chi connectivity index (χ3n) is 10.0. The van der Waals surface area contributed by atoms with Gasteiger partial charge in [0.05, 0.1) is 11.0 Å². The Balaban J connectivity index is 1.36. The molecular weight excluding hydrogens is 404 g/mol. The van der Waals surface area contributed by atoms with E-state index in [1.54, 1.807) is 12.1 Å². The zero-order chi connectivity index (χ0) is 22.8. The number of carbonyl (C=O) groups is 1. The predicted octanol–water partition coefficient (Wildman–Crippen LogP) is 5.45. The Kier molecular flexibility index (Phi) is 5.06. The third kappa shape index (κ3) is 3.24. The van der Waals surface area contributed by atoms with E-state index in [1.807, 2.05) is 7.05 Å². The lowest BCUT2D eigenvalue weighted by Gasteiger charge is -2.63. The van der Waals surface area contributed by atoms with Gasteiger partial charge >= 0.3 is 0 Å². The average Bonchev–Trinajstić information content (AvgIpc) is 3.09. The Morgan fingerprint density at radius 1 is 1.12 bits per heavy atom. The largest absolute Gasteiger partial charge is 0.490 e. The van der Waals surface area contributed by atoms with E-state index >= 15 is 0 Å². The number of benzene rings is 1. The van der Waals surface area contributed by atoms with Crippen molar-refractivity contribution in [1.82, 2.24) is 4.90 Å². The van der Waals surface area contributed by atoms with Crippen LogP contribution in [0.25, 0.3) is 0 Å². The molecule has 1 aromatic rings. The van der Waals surface area contributed by atoms with Crippen LogP contribution in [0.4, 0.5) is 5.69 Å². The van der Waals surface area contributed by atoms with Gasteiger partial charge in [-0.15, -0.1) is 0 Å². The molecule has 1 saturated heterocycles. The fourth-order valence-electron chi connectivity index (χ4n) is 8.39. The molecule has 0 aromatic heterocycles. The maximum absolute atomic E-state index is 12.4. The molecule has 1 unspecified atom stereocenters. The third-order valence-corrected chi connectivity index (χ3v) is 10.0. The van der Waals surface area contributed by atoms with Gasteiger partial charge in [-0.05, 0) is 85.2 Å². The number of ether oxygens (including phenoxy) is 1. The highest BCUT2D eigenvalue weighted by Gasteiger charge is 2.62. The van der Waals surface area contributed by atoms with Crippen LogP contribution in [0.3, 0.4) is 0 Å². The van der Waals surface area contributed by atoms with Gasteiger partial charge in [0.2, 0.25) is 5.91 Å². The first-order chi connectivity index (χ1) is 15.1. The molecule has 1 amide bonds. The van der Waals surface area contributed by atoms with Crippen LogP contribution >= 0.6 is 0 Å². The monoisotopic (exact) mass is 440 g/mol. The Hall–Kier alpha value is -2.11. The fourth-order valence-corrected chi connectivity index (χ4v) is 8.39. The number of fused-ring (bicyclic) bond motifs is 5. The minimum absolute atomic E-state index is 0.0991. The SMILES string of the molecule is C[C@H]1C[C@H]2N(C)C(=O)CC[C@]2(C)[C@H]2CC[C@]3(C)C[C@@H](Oc4ccc([N+](=O)[O-])cc4)C[C@H]3C12. The normalized spacial score (nSPS) is 43.2. The van der Waals surface area contributed by atoms with Crippen LogP contribution in [-0.2, 0) is 4.79 Å². The highest BCUT2D eigenvalue weighted by molar-refractivity contribution is 5.77. The Morgan fingerprint density at radius 2 is 1.84 bits per heavy atom. The Morgan fingerprint density at radius 3 is 2.53 bits per heavy atom. The zero-order valence-electron chi connectivity index (χ0n) is 19.8. The Bertz CT molecular complexity index is 917. The average molecular weight is 441 g/mol. The number of non-ortho nitro benzene ring substituents is 1. The molecule has 3 saturated carbocycles. The van der Waals surface area contributed by atoms with E-state index in [2.05, 4.69) is 25.7 Å². The molecule has 1 aromatic carbocycles. The van der Waals surface area contributed by atoms with Gasteiger partial charge in [0.1, 0.15) is 5.75 Å². The Labute approximate surface area is 190 Å². The van der Waals surface area contributed by atoms with E-state index in [0.29, 0.717) is 47.5 Å². The van der Waals surface area contributed by atoms with Crippen LogP contribution in [-0.4, -0.2) is 34.9 Å². The van der Waals surface area contributed by atoms with Crippen LogP contribution < -0.4 is 4.74 Å². The number of hydrogen-bond acceptors (Lipinski definition) is 4. The standard InChI is InChI=1S/C26H36N2O4/c1-16-13-22-26(3,12-10-23(29)27(22)4)20-9-11-25(2)15-19(14-21(25)24(16)20)32-18-7-5-17(6-8-18)28(30)31/h5-8,16,19-22,24H,9-15H2,1-4H3/t16-,19-,20-,21-,22+,24?,25+,26+/m0/s1. The van der Waals surface area contributed by atoms with Gasteiger partial charge in [0.25, 0.3) is 5.69 Å². The maximum Gasteiger partial charge on any atom is 0.269 e. The van der Waals surface area contributed by atoms with Gasteiger partial charge in [-0.1, -0.05) is 20.8 Å². The van der Waals surface area contributed by atoms with Crippen molar-refractivity contribution in [3.63, 3.8) is 0 Å². The minimum atomic E-state index is -0.371. The molecule has 32 heavy (non-hydrogen) atoms.